The van der Waals surface area contributed by atoms with Crippen molar-refractivity contribution in [1.82, 2.24) is 0 Å². The zero-order valence-corrected chi connectivity index (χ0v) is 18.9. The van der Waals surface area contributed by atoms with Gasteiger partial charge in [0.25, 0.3) is 0 Å². The molecular weight excluding hydrogens is 472 g/mol. The second kappa shape index (κ2) is 13.4. The van der Waals surface area contributed by atoms with Gasteiger partial charge < -0.3 is 9.47 Å². The van der Waals surface area contributed by atoms with Crippen LogP contribution in [0.5, 0.6) is 0 Å². The number of halogens is 2. The summed E-state index contributed by atoms with van der Waals surface area (Å²) in [5, 5.41) is 0. The van der Waals surface area contributed by atoms with Gasteiger partial charge in [-0.1, -0.05) is 31.9 Å². The van der Waals surface area contributed by atoms with Crippen LogP contribution in [0.3, 0.4) is 0 Å². The minimum atomic E-state index is -0.508. The maximum atomic E-state index is 12.2. The molecule has 150 valence electrons. The Labute approximate surface area is 172 Å². The summed E-state index contributed by atoms with van der Waals surface area (Å²) in [6, 6.07) is 0. The molecule has 0 N–H and O–H groups in total. The molecule has 6 nitrogen and oxygen atoms in total. The fraction of sp³-hybridized carbons (Fsp3) is 0.778. The van der Waals surface area contributed by atoms with E-state index in [1.807, 2.05) is 0 Å². The predicted molar refractivity (Wildman–Crippen MR) is 106 cm³/mol. The second-order valence-electron chi connectivity index (χ2n) is 6.10. The summed E-state index contributed by atoms with van der Waals surface area (Å²) in [4.78, 5) is 46.5. The molecule has 0 aromatic heterocycles. The van der Waals surface area contributed by atoms with E-state index in [9.17, 15) is 19.2 Å². The third kappa shape index (κ3) is 9.80. The van der Waals surface area contributed by atoms with Crippen LogP contribution in [0, 0.1) is 11.8 Å². The van der Waals surface area contributed by atoms with Crippen molar-refractivity contribution in [2.24, 2.45) is 11.8 Å². The molecule has 0 aliphatic rings. The van der Waals surface area contributed by atoms with Crippen molar-refractivity contribution in [2.45, 2.75) is 63.0 Å². The molecule has 0 heterocycles. The minimum absolute atomic E-state index is 0.0710. The average Bonchev–Trinajstić information content (AvgIpc) is 2.56. The molecule has 0 rings (SSSR count). The van der Waals surface area contributed by atoms with Crippen molar-refractivity contribution in [1.29, 1.82) is 0 Å². The summed E-state index contributed by atoms with van der Waals surface area (Å²) >= 11 is 6.56. The molecule has 0 radical (unpaired) electrons. The highest BCUT2D eigenvalue weighted by Gasteiger charge is 2.30. The van der Waals surface area contributed by atoms with Crippen molar-refractivity contribution in [2.75, 3.05) is 13.2 Å². The summed E-state index contributed by atoms with van der Waals surface area (Å²) < 4.78 is 10.2. The lowest BCUT2D eigenvalue weighted by Gasteiger charge is -2.21. The molecule has 0 bridgehead atoms. The highest BCUT2D eigenvalue weighted by molar-refractivity contribution is 9.10. The Morgan fingerprint density at radius 1 is 0.731 bits per heavy atom. The van der Waals surface area contributed by atoms with Gasteiger partial charge in [-0.2, -0.15) is 0 Å². The third-order valence-electron chi connectivity index (χ3n) is 3.97. The van der Waals surface area contributed by atoms with Crippen molar-refractivity contribution in [3.8, 4) is 0 Å². The van der Waals surface area contributed by atoms with Crippen LogP contribution in [0.15, 0.2) is 0 Å². The van der Waals surface area contributed by atoms with Gasteiger partial charge in [-0.15, -0.1) is 0 Å². The summed E-state index contributed by atoms with van der Waals surface area (Å²) in [6.07, 6.45) is 1.34. The van der Waals surface area contributed by atoms with Gasteiger partial charge in [0.05, 0.1) is 34.7 Å². The van der Waals surface area contributed by atoms with Crippen LogP contribution in [-0.2, 0) is 28.7 Å². The molecule has 0 spiro atoms. The fourth-order valence-electron chi connectivity index (χ4n) is 2.42. The monoisotopic (exact) mass is 498 g/mol. The average molecular weight is 500 g/mol. The van der Waals surface area contributed by atoms with Crippen molar-refractivity contribution in [3.05, 3.63) is 0 Å². The quantitative estimate of drug-likeness (QED) is 0.284. The Morgan fingerprint density at radius 3 is 1.27 bits per heavy atom. The molecule has 0 saturated heterocycles. The maximum absolute atomic E-state index is 12.2. The van der Waals surface area contributed by atoms with Crippen LogP contribution >= 0.6 is 31.9 Å². The number of carbonyl (C=O) groups is 4. The number of ether oxygens (including phenoxy) is 2. The standard InChI is InChI=1S/C18H28Br2O6/c1-5-25-17(23)13(9-15(19)11(3)21)7-8-14(18(24)26-6-2)10-16(20)12(4)22/h13-16H,5-10H2,1-4H3. The van der Waals surface area contributed by atoms with E-state index in [2.05, 4.69) is 31.9 Å². The zero-order valence-electron chi connectivity index (χ0n) is 15.8. The fourth-order valence-corrected chi connectivity index (χ4v) is 3.32. The van der Waals surface area contributed by atoms with Gasteiger partial charge in [-0.25, -0.2) is 0 Å². The third-order valence-corrected chi connectivity index (χ3v) is 6.01. The molecule has 4 atom stereocenters. The summed E-state index contributed by atoms with van der Waals surface area (Å²) in [5.74, 6) is -1.93. The van der Waals surface area contributed by atoms with E-state index < -0.39 is 21.5 Å². The zero-order chi connectivity index (χ0) is 20.3. The number of alkyl halides is 2. The number of Topliss-reactive ketones (excluding diaryl/α,β-unsaturated/α-hetero) is 2. The van der Waals surface area contributed by atoms with Crippen LogP contribution < -0.4 is 0 Å². The number of rotatable bonds is 13. The normalized spacial score (nSPS) is 15.5. The van der Waals surface area contributed by atoms with E-state index in [0.29, 0.717) is 25.7 Å². The highest BCUT2D eigenvalue weighted by Crippen LogP contribution is 2.27. The van der Waals surface area contributed by atoms with Gasteiger partial charge in [-0.05, 0) is 53.4 Å². The topological polar surface area (TPSA) is 86.7 Å². The number of esters is 2. The maximum Gasteiger partial charge on any atom is 0.308 e. The highest BCUT2D eigenvalue weighted by atomic mass is 79.9. The molecule has 0 aliphatic carbocycles. The largest absolute Gasteiger partial charge is 0.466 e. The lowest BCUT2D eigenvalue weighted by atomic mass is 9.89. The SMILES string of the molecule is CCOC(=O)C(CCC(CC(Br)C(C)=O)C(=O)OCC)CC(Br)C(C)=O. The van der Waals surface area contributed by atoms with Gasteiger partial charge in [-0.3, -0.25) is 19.2 Å². The number of hydrogen-bond donors (Lipinski definition) is 0. The second-order valence-corrected chi connectivity index (χ2v) is 8.31. The number of hydrogen-bond acceptors (Lipinski definition) is 6. The smallest absolute Gasteiger partial charge is 0.308 e. The molecule has 26 heavy (non-hydrogen) atoms. The predicted octanol–water partition coefficient (Wildman–Crippen LogP) is 3.61. The van der Waals surface area contributed by atoms with Crippen LogP contribution in [0.25, 0.3) is 0 Å². The Morgan fingerprint density at radius 2 is 1.04 bits per heavy atom. The van der Waals surface area contributed by atoms with Gasteiger partial charge in [0.15, 0.2) is 0 Å². The Balaban J connectivity index is 5.10. The van der Waals surface area contributed by atoms with Crippen molar-refractivity contribution < 1.29 is 28.7 Å². The first kappa shape index (κ1) is 25.2. The summed E-state index contributed by atoms with van der Waals surface area (Å²) in [5.41, 5.74) is 0. The first-order chi connectivity index (χ1) is 12.1. The Bertz CT molecular complexity index is 450. The molecule has 8 heteroatoms. The van der Waals surface area contributed by atoms with E-state index in [0.717, 1.165) is 0 Å². The number of carbonyl (C=O) groups excluding carboxylic acids is 4. The molecule has 0 aromatic carbocycles. The Hall–Kier alpha value is -0.760. The lowest BCUT2D eigenvalue weighted by molar-refractivity contribution is -0.151. The van der Waals surface area contributed by atoms with Crippen LogP contribution in [0.1, 0.15) is 53.4 Å². The van der Waals surface area contributed by atoms with Gasteiger partial charge in [0.1, 0.15) is 11.6 Å². The van der Waals surface area contributed by atoms with E-state index >= 15 is 0 Å². The molecule has 0 saturated carbocycles. The van der Waals surface area contributed by atoms with Crippen LogP contribution in [0.2, 0.25) is 0 Å². The molecule has 0 aromatic rings. The number of ketones is 2. The van der Waals surface area contributed by atoms with Crippen LogP contribution in [0.4, 0.5) is 0 Å². The molecule has 0 aliphatic heterocycles. The summed E-state index contributed by atoms with van der Waals surface area (Å²) in [7, 11) is 0. The van der Waals surface area contributed by atoms with E-state index in [1.54, 1.807) is 13.8 Å². The van der Waals surface area contributed by atoms with Crippen LogP contribution in [-0.4, -0.2) is 46.4 Å². The van der Waals surface area contributed by atoms with E-state index in [1.165, 1.54) is 13.8 Å². The minimum Gasteiger partial charge on any atom is -0.466 e. The molecular formula is C18H28Br2O6. The lowest BCUT2D eigenvalue weighted by Crippen LogP contribution is -2.28. The molecule has 0 fully saturated rings. The molecule has 4 unspecified atom stereocenters. The molecule has 0 amide bonds. The van der Waals surface area contributed by atoms with Gasteiger partial charge in [0, 0.05) is 0 Å². The first-order valence-corrected chi connectivity index (χ1v) is 10.6. The first-order valence-electron chi connectivity index (χ1n) is 8.76. The van der Waals surface area contributed by atoms with Crippen molar-refractivity contribution in [3.63, 3.8) is 0 Å². The van der Waals surface area contributed by atoms with E-state index in [-0.39, 0.29) is 36.7 Å². The van der Waals surface area contributed by atoms with Gasteiger partial charge >= 0.3 is 11.9 Å². The van der Waals surface area contributed by atoms with Crippen molar-refractivity contribution >= 4 is 55.4 Å². The van der Waals surface area contributed by atoms with E-state index in [4.69, 9.17) is 9.47 Å². The summed E-state index contributed by atoms with van der Waals surface area (Å²) in [6.45, 7) is 6.83. The van der Waals surface area contributed by atoms with Gasteiger partial charge in [0.2, 0.25) is 0 Å². The Kier molecular flexibility index (Phi) is 13.0.